The van der Waals surface area contributed by atoms with Crippen LogP contribution in [-0.2, 0) is 14.5 Å². The first-order chi connectivity index (χ1) is 11.7. The fourth-order valence-electron chi connectivity index (χ4n) is 2.61. The molecule has 0 N–H and O–H groups in total. The molecule has 0 saturated carbocycles. The number of benzene rings is 1. The van der Waals surface area contributed by atoms with E-state index in [-0.39, 0.29) is 18.7 Å². The Morgan fingerprint density at radius 2 is 2.04 bits per heavy atom. The number of hydrogen-bond donors (Lipinski definition) is 0. The Morgan fingerprint density at radius 3 is 2.72 bits per heavy atom. The summed E-state index contributed by atoms with van der Waals surface area (Å²) in [4.78, 5) is 35.9. The minimum atomic E-state index is -0.609. The first kappa shape index (κ1) is 19.5. The number of halogens is 1. The molecular weight excluding hydrogens is 346 g/mol. The highest BCUT2D eigenvalue weighted by Gasteiger charge is 2.32. The van der Waals surface area contributed by atoms with Gasteiger partial charge in [0.05, 0.1) is 11.6 Å². The van der Waals surface area contributed by atoms with Crippen LogP contribution in [0.15, 0.2) is 18.2 Å². The van der Waals surface area contributed by atoms with Crippen molar-refractivity contribution in [3.63, 3.8) is 0 Å². The van der Waals surface area contributed by atoms with E-state index in [9.17, 15) is 9.59 Å². The van der Waals surface area contributed by atoms with Crippen molar-refractivity contribution in [3.8, 4) is 0 Å². The second-order valence-corrected chi connectivity index (χ2v) is 7.44. The Hall–Kier alpha value is -1.79. The van der Waals surface area contributed by atoms with Gasteiger partial charge in [0.25, 0.3) is 0 Å². The average molecular weight is 370 g/mol. The Balaban J connectivity index is 1.87. The van der Waals surface area contributed by atoms with Gasteiger partial charge >= 0.3 is 12.1 Å². The SMILES string of the molecule is Cc1c(Cl)cccc1C(=O)OOCC1CCCN1C(=O)OC(C)(C)C. The first-order valence-electron chi connectivity index (χ1n) is 8.27. The van der Waals surface area contributed by atoms with Gasteiger partial charge in [-0.3, -0.25) is 4.89 Å². The van der Waals surface area contributed by atoms with Crippen LogP contribution in [0.2, 0.25) is 5.02 Å². The van der Waals surface area contributed by atoms with E-state index in [0.717, 1.165) is 12.8 Å². The van der Waals surface area contributed by atoms with Gasteiger partial charge < -0.3 is 9.64 Å². The van der Waals surface area contributed by atoms with Crippen LogP contribution in [0.1, 0.15) is 49.5 Å². The molecule has 1 atom stereocenters. The summed E-state index contributed by atoms with van der Waals surface area (Å²) in [6.07, 6.45) is 1.25. The maximum Gasteiger partial charge on any atom is 0.410 e. The molecule has 1 aromatic carbocycles. The highest BCUT2D eigenvalue weighted by Crippen LogP contribution is 2.22. The summed E-state index contributed by atoms with van der Waals surface area (Å²) in [6, 6.07) is 4.82. The van der Waals surface area contributed by atoms with Crippen LogP contribution in [-0.4, -0.2) is 41.8 Å². The van der Waals surface area contributed by atoms with Crippen molar-refractivity contribution in [1.29, 1.82) is 0 Å². The molecule has 0 spiro atoms. The van der Waals surface area contributed by atoms with Gasteiger partial charge in [0.15, 0.2) is 0 Å². The molecule has 1 fully saturated rings. The zero-order valence-electron chi connectivity index (χ0n) is 15.0. The molecule has 0 bridgehead atoms. The third-order valence-electron chi connectivity index (χ3n) is 3.89. The molecule has 0 aromatic heterocycles. The molecule has 1 unspecified atom stereocenters. The first-order valence-corrected chi connectivity index (χ1v) is 8.65. The van der Waals surface area contributed by atoms with Gasteiger partial charge in [-0.15, -0.1) is 0 Å². The number of ether oxygens (including phenoxy) is 1. The minimum Gasteiger partial charge on any atom is -0.444 e. The number of hydrogen-bond acceptors (Lipinski definition) is 5. The van der Waals surface area contributed by atoms with Crippen molar-refractivity contribution in [2.24, 2.45) is 0 Å². The number of carbonyl (C=O) groups is 2. The normalized spacial score (nSPS) is 17.5. The molecule has 1 saturated heterocycles. The predicted molar refractivity (Wildman–Crippen MR) is 93.5 cm³/mol. The standard InChI is InChI=1S/C18H24ClNO5/c1-12-14(8-5-9-15(12)19)16(21)25-23-11-13-7-6-10-20(13)17(22)24-18(2,3)4/h5,8-9,13H,6-7,10-11H2,1-4H3. The van der Waals surface area contributed by atoms with Crippen molar-refractivity contribution >= 4 is 23.7 Å². The molecule has 2 rings (SSSR count). The molecule has 25 heavy (non-hydrogen) atoms. The summed E-state index contributed by atoms with van der Waals surface area (Å²) < 4.78 is 5.39. The van der Waals surface area contributed by atoms with E-state index in [1.54, 1.807) is 30.0 Å². The number of carbonyl (C=O) groups excluding carboxylic acids is 2. The zero-order chi connectivity index (χ0) is 18.6. The van der Waals surface area contributed by atoms with Crippen LogP contribution in [0.4, 0.5) is 4.79 Å². The summed E-state index contributed by atoms with van der Waals surface area (Å²) >= 11 is 6.00. The summed E-state index contributed by atoms with van der Waals surface area (Å²) in [5.41, 5.74) is 0.429. The Labute approximate surface area is 152 Å². The summed E-state index contributed by atoms with van der Waals surface area (Å²) in [7, 11) is 0. The highest BCUT2D eigenvalue weighted by molar-refractivity contribution is 6.31. The monoisotopic (exact) mass is 369 g/mol. The molecule has 0 aliphatic carbocycles. The Morgan fingerprint density at radius 1 is 1.32 bits per heavy atom. The third kappa shape index (κ3) is 5.34. The van der Waals surface area contributed by atoms with Gasteiger partial charge in [0.2, 0.25) is 0 Å². The molecule has 7 heteroatoms. The van der Waals surface area contributed by atoms with Crippen LogP contribution in [0.25, 0.3) is 0 Å². The van der Waals surface area contributed by atoms with E-state index in [2.05, 4.69) is 0 Å². The van der Waals surface area contributed by atoms with E-state index in [1.165, 1.54) is 0 Å². The second kappa shape index (κ2) is 8.06. The topological polar surface area (TPSA) is 65.1 Å². The molecule has 0 radical (unpaired) electrons. The predicted octanol–water partition coefficient (Wildman–Crippen LogP) is 4.14. The summed E-state index contributed by atoms with van der Waals surface area (Å²) in [5, 5.41) is 0.487. The van der Waals surface area contributed by atoms with Crippen molar-refractivity contribution in [3.05, 3.63) is 34.3 Å². The fourth-order valence-corrected chi connectivity index (χ4v) is 2.78. The summed E-state index contributed by atoms with van der Waals surface area (Å²) in [6.45, 7) is 7.90. The molecule has 1 aromatic rings. The van der Waals surface area contributed by atoms with E-state index >= 15 is 0 Å². The van der Waals surface area contributed by atoms with Gasteiger partial charge in [-0.1, -0.05) is 17.7 Å². The van der Waals surface area contributed by atoms with Gasteiger partial charge in [-0.25, -0.2) is 9.59 Å². The number of likely N-dealkylation sites (tertiary alicyclic amines) is 1. The third-order valence-corrected chi connectivity index (χ3v) is 4.30. The fraction of sp³-hybridized carbons (Fsp3) is 0.556. The van der Waals surface area contributed by atoms with Crippen molar-refractivity contribution in [2.75, 3.05) is 13.2 Å². The molecule has 6 nitrogen and oxygen atoms in total. The number of rotatable bonds is 4. The minimum absolute atomic E-state index is 0.102. The van der Waals surface area contributed by atoms with Crippen molar-refractivity contribution < 1.29 is 24.1 Å². The van der Waals surface area contributed by atoms with E-state index in [4.69, 9.17) is 26.1 Å². The van der Waals surface area contributed by atoms with Crippen LogP contribution in [0.3, 0.4) is 0 Å². The Kier molecular flexibility index (Phi) is 6.30. The Bertz CT molecular complexity index is 641. The van der Waals surface area contributed by atoms with Crippen molar-refractivity contribution in [1.82, 2.24) is 4.90 Å². The lowest BCUT2D eigenvalue weighted by atomic mass is 10.1. The largest absolute Gasteiger partial charge is 0.444 e. The zero-order valence-corrected chi connectivity index (χ0v) is 15.8. The molecule has 138 valence electrons. The smallest absolute Gasteiger partial charge is 0.410 e. The lowest BCUT2D eigenvalue weighted by Crippen LogP contribution is -2.41. The van der Waals surface area contributed by atoms with Gasteiger partial charge in [0, 0.05) is 11.6 Å². The molecule has 1 heterocycles. The van der Waals surface area contributed by atoms with Gasteiger partial charge in [-0.2, -0.15) is 4.89 Å². The van der Waals surface area contributed by atoms with Crippen LogP contribution < -0.4 is 0 Å². The lowest BCUT2D eigenvalue weighted by Gasteiger charge is -2.28. The van der Waals surface area contributed by atoms with Crippen LogP contribution in [0, 0.1) is 6.92 Å². The van der Waals surface area contributed by atoms with Crippen LogP contribution in [0.5, 0.6) is 0 Å². The summed E-state index contributed by atoms with van der Waals surface area (Å²) in [5.74, 6) is -0.609. The maximum absolute atomic E-state index is 12.2. The van der Waals surface area contributed by atoms with Crippen molar-refractivity contribution in [2.45, 2.75) is 52.2 Å². The average Bonchev–Trinajstić information content (AvgIpc) is 2.97. The lowest BCUT2D eigenvalue weighted by molar-refractivity contribution is -0.247. The maximum atomic E-state index is 12.2. The van der Waals surface area contributed by atoms with E-state index in [0.29, 0.717) is 22.7 Å². The van der Waals surface area contributed by atoms with Crippen LogP contribution >= 0.6 is 11.6 Å². The number of nitrogens with zero attached hydrogens (tertiary/aromatic N) is 1. The second-order valence-electron chi connectivity index (χ2n) is 7.04. The van der Waals surface area contributed by atoms with Gasteiger partial charge in [-0.05, 0) is 58.2 Å². The quantitative estimate of drug-likeness (QED) is 0.589. The van der Waals surface area contributed by atoms with E-state index in [1.807, 2.05) is 20.8 Å². The van der Waals surface area contributed by atoms with E-state index < -0.39 is 11.6 Å². The molecule has 1 aliphatic rings. The number of amides is 1. The highest BCUT2D eigenvalue weighted by atomic mass is 35.5. The molecule has 1 aliphatic heterocycles. The molecule has 1 amide bonds. The van der Waals surface area contributed by atoms with Gasteiger partial charge in [0.1, 0.15) is 12.2 Å². The molecular formula is C18H24ClNO5.